The van der Waals surface area contributed by atoms with E-state index in [1.165, 1.54) is 6.07 Å². The Hall–Kier alpha value is -0.219. The molecule has 0 fully saturated rings. The summed E-state index contributed by atoms with van der Waals surface area (Å²) in [5.41, 5.74) is 0.261. The van der Waals surface area contributed by atoms with Gasteiger partial charge in [-0.3, -0.25) is 0 Å². The average molecular weight is 319 g/mol. The molecule has 0 unspecified atom stereocenters. The first-order valence-corrected chi connectivity index (χ1v) is 5.90. The smallest absolute Gasteiger partial charge is 0.445 e. The number of benzene rings is 2. The van der Waals surface area contributed by atoms with Gasteiger partial charge in [-0.1, -0.05) is 53.8 Å². The van der Waals surface area contributed by atoms with Gasteiger partial charge in [0.25, 0.3) is 0 Å². The molecule has 0 aliphatic rings. The van der Waals surface area contributed by atoms with E-state index in [1.807, 2.05) is 18.2 Å². The Morgan fingerprint density at radius 3 is 2.05 bits per heavy atom. The van der Waals surface area contributed by atoms with Gasteiger partial charge in [0.2, 0.25) is 0 Å². The quantitative estimate of drug-likeness (QED) is 0.539. The molecule has 0 saturated heterocycles. The van der Waals surface area contributed by atoms with E-state index in [0.717, 1.165) is 17.7 Å². The summed E-state index contributed by atoms with van der Waals surface area (Å²) >= 11 is 5.68. The van der Waals surface area contributed by atoms with Crippen LogP contribution in [0.25, 0.3) is 0 Å². The summed E-state index contributed by atoms with van der Waals surface area (Å²) in [6, 6.07) is 12.4. The van der Waals surface area contributed by atoms with Crippen LogP contribution in [0.2, 0.25) is 5.02 Å². The minimum absolute atomic E-state index is 0. The Kier molecular flexibility index (Phi) is 6.86. The molecule has 0 N–H and O–H groups in total. The first-order valence-electron chi connectivity index (χ1n) is 5.53. The molecule has 0 aromatic heterocycles. The van der Waals surface area contributed by atoms with Gasteiger partial charge in [-0.2, -0.15) is 0 Å². The Balaban J connectivity index is 0.00000200. The second kappa shape index (κ2) is 7.69. The van der Waals surface area contributed by atoms with Gasteiger partial charge in [0.15, 0.2) is 0 Å². The minimum atomic E-state index is -5.07. The van der Waals surface area contributed by atoms with Crippen LogP contribution in [-0.2, 0) is 0 Å². The molecule has 0 heterocycles. The number of hydrogen-bond donors (Lipinski definition) is 0. The number of hydrogen-bond acceptors (Lipinski definition) is 0. The Morgan fingerprint density at radius 1 is 0.850 bits per heavy atom. The van der Waals surface area contributed by atoms with Crippen molar-refractivity contribution in [2.24, 2.45) is 0 Å². The zero-order valence-corrected chi connectivity index (χ0v) is 14.6. The van der Waals surface area contributed by atoms with E-state index in [1.54, 1.807) is 12.1 Å². The maximum atomic E-state index is 12.7. The summed E-state index contributed by atoms with van der Waals surface area (Å²) < 4.78 is 38.0. The van der Waals surface area contributed by atoms with Crippen LogP contribution in [0.15, 0.2) is 48.5 Å². The van der Waals surface area contributed by atoms with Gasteiger partial charge in [-0.15, -0.1) is 5.46 Å². The third-order valence-corrected chi connectivity index (χ3v) is 2.64. The molecule has 0 aliphatic carbocycles. The normalized spacial score (nSPS) is 10.2. The maximum absolute atomic E-state index is 12.7. The van der Waals surface area contributed by atoms with Crippen LogP contribution in [-0.4, -0.2) is 6.98 Å². The molecule has 0 nitrogen and oxygen atoms in total. The fourth-order valence-electron chi connectivity index (χ4n) is 1.54. The predicted molar refractivity (Wildman–Crippen MR) is 72.6 cm³/mol. The van der Waals surface area contributed by atoms with Gasteiger partial charge >= 0.3 is 58.4 Å². The standard InChI is InChI=1S/C14H8BClF3.K/c16-14-9-12(8-13(10-14)15(17,18)19)7-6-11-4-2-1-3-5-11;/h1-5,8-10H;/q-1;+1. The maximum Gasteiger partial charge on any atom is 1.00 e. The van der Waals surface area contributed by atoms with Crippen LogP contribution in [0.5, 0.6) is 0 Å². The number of halogens is 4. The van der Waals surface area contributed by atoms with Crippen molar-refractivity contribution in [3.63, 3.8) is 0 Å². The van der Waals surface area contributed by atoms with Crippen molar-refractivity contribution in [2.45, 2.75) is 0 Å². The predicted octanol–water partition coefficient (Wildman–Crippen LogP) is 0.798. The molecule has 2 aromatic carbocycles. The van der Waals surface area contributed by atoms with Crippen LogP contribution in [0.1, 0.15) is 11.1 Å². The Bertz CT molecular complexity index is 645. The van der Waals surface area contributed by atoms with Crippen LogP contribution < -0.4 is 56.8 Å². The molecule has 0 radical (unpaired) electrons. The van der Waals surface area contributed by atoms with Gasteiger partial charge in [0.1, 0.15) is 0 Å². The van der Waals surface area contributed by atoms with E-state index in [2.05, 4.69) is 11.8 Å². The first kappa shape index (κ1) is 17.8. The van der Waals surface area contributed by atoms with E-state index >= 15 is 0 Å². The van der Waals surface area contributed by atoms with Crippen molar-refractivity contribution < 1.29 is 64.3 Å². The van der Waals surface area contributed by atoms with E-state index in [4.69, 9.17) is 11.6 Å². The molecule has 0 saturated carbocycles. The van der Waals surface area contributed by atoms with E-state index in [0.29, 0.717) is 0 Å². The Labute approximate surface area is 163 Å². The van der Waals surface area contributed by atoms with Gasteiger partial charge in [-0.25, -0.2) is 0 Å². The first-order chi connectivity index (χ1) is 8.95. The largest absolute Gasteiger partial charge is 1.00 e. The summed E-state index contributed by atoms with van der Waals surface area (Å²) in [7, 11) is 0. The van der Waals surface area contributed by atoms with Crippen molar-refractivity contribution in [1.82, 2.24) is 0 Å². The zero-order valence-electron chi connectivity index (χ0n) is 10.7. The van der Waals surface area contributed by atoms with Gasteiger partial charge in [0, 0.05) is 16.1 Å². The average Bonchev–Trinajstić information content (AvgIpc) is 2.36. The molecule has 20 heavy (non-hydrogen) atoms. The SMILES string of the molecule is F[B-](F)(F)c1cc(Cl)cc(C#Cc2ccccc2)c1.[K+]. The second-order valence-corrected chi connectivity index (χ2v) is 4.40. The van der Waals surface area contributed by atoms with Crippen molar-refractivity contribution >= 4 is 24.0 Å². The number of rotatable bonds is 1. The molecule has 0 amide bonds. The van der Waals surface area contributed by atoms with Crippen LogP contribution in [0.4, 0.5) is 12.9 Å². The summed E-state index contributed by atoms with van der Waals surface area (Å²) in [5.74, 6) is 5.49. The van der Waals surface area contributed by atoms with Gasteiger partial charge in [0.05, 0.1) is 0 Å². The topological polar surface area (TPSA) is 0 Å². The van der Waals surface area contributed by atoms with Gasteiger partial charge < -0.3 is 12.9 Å². The second-order valence-electron chi connectivity index (χ2n) is 3.96. The van der Waals surface area contributed by atoms with E-state index in [-0.39, 0.29) is 62.0 Å². The summed E-state index contributed by atoms with van der Waals surface area (Å²) in [5, 5.41) is 0.0362. The summed E-state index contributed by atoms with van der Waals surface area (Å²) in [4.78, 5) is 0. The summed E-state index contributed by atoms with van der Waals surface area (Å²) in [6.45, 7) is -5.07. The third-order valence-electron chi connectivity index (χ3n) is 2.42. The molecule has 0 aliphatic heterocycles. The molecule has 96 valence electrons. The molecule has 2 rings (SSSR count). The third kappa shape index (κ3) is 5.28. The van der Waals surface area contributed by atoms with Crippen LogP contribution >= 0.6 is 11.6 Å². The van der Waals surface area contributed by atoms with E-state index in [9.17, 15) is 12.9 Å². The molecular formula is C14H8BClF3K. The minimum Gasteiger partial charge on any atom is -0.445 e. The molecule has 0 spiro atoms. The van der Waals surface area contributed by atoms with Crippen LogP contribution in [0.3, 0.4) is 0 Å². The van der Waals surface area contributed by atoms with Gasteiger partial charge in [-0.05, 0) is 18.2 Å². The van der Waals surface area contributed by atoms with Crippen molar-refractivity contribution in [3.05, 3.63) is 64.7 Å². The zero-order chi connectivity index (χ0) is 13.9. The molecule has 0 atom stereocenters. The molecule has 2 aromatic rings. The van der Waals surface area contributed by atoms with Crippen molar-refractivity contribution in [1.29, 1.82) is 0 Å². The Morgan fingerprint density at radius 2 is 1.45 bits per heavy atom. The summed E-state index contributed by atoms with van der Waals surface area (Å²) in [6.07, 6.45) is 0. The van der Waals surface area contributed by atoms with Crippen molar-refractivity contribution in [2.75, 3.05) is 0 Å². The molecular weight excluding hydrogens is 311 g/mol. The van der Waals surface area contributed by atoms with Crippen molar-refractivity contribution in [3.8, 4) is 11.8 Å². The monoisotopic (exact) mass is 318 g/mol. The van der Waals surface area contributed by atoms with E-state index < -0.39 is 12.4 Å². The molecule has 6 heteroatoms. The fraction of sp³-hybridized carbons (Fsp3) is 0. The molecule has 0 bridgehead atoms. The van der Waals surface area contributed by atoms with Crippen LogP contribution in [0, 0.1) is 11.8 Å². The fourth-order valence-corrected chi connectivity index (χ4v) is 1.78.